The Labute approximate surface area is 139 Å². The van der Waals surface area contributed by atoms with Gasteiger partial charge in [-0.25, -0.2) is 4.98 Å². The molecule has 1 aliphatic carbocycles. The van der Waals surface area contributed by atoms with E-state index in [2.05, 4.69) is 30.7 Å². The molecule has 1 saturated carbocycles. The second-order valence-corrected chi connectivity index (χ2v) is 6.38. The predicted octanol–water partition coefficient (Wildman–Crippen LogP) is 2.20. The molecule has 1 aliphatic rings. The van der Waals surface area contributed by atoms with Crippen LogP contribution in [-0.2, 0) is 12.8 Å². The zero-order valence-corrected chi connectivity index (χ0v) is 13.9. The monoisotopic (exact) mass is 327 g/mol. The van der Waals surface area contributed by atoms with Crippen molar-refractivity contribution in [1.29, 1.82) is 0 Å². The summed E-state index contributed by atoms with van der Waals surface area (Å²) in [4.78, 5) is 4.43. The fourth-order valence-corrected chi connectivity index (χ4v) is 3.39. The highest BCUT2D eigenvalue weighted by Crippen LogP contribution is 2.30. The van der Waals surface area contributed by atoms with Crippen molar-refractivity contribution in [2.45, 2.75) is 52.0 Å². The molecule has 0 spiro atoms. The van der Waals surface area contributed by atoms with Crippen molar-refractivity contribution in [3.63, 3.8) is 0 Å². The zero-order valence-electron chi connectivity index (χ0n) is 13.9. The lowest BCUT2D eigenvalue weighted by molar-refractivity contribution is 0.409. The largest absolute Gasteiger partial charge is 0.425 e. The molecule has 8 heteroatoms. The number of rotatable bonds is 5. The molecule has 3 aromatic heterocycles. The third-order valence-electron chi connectivity index (χ3n) is 4.65. The summed E-state index contributed by atoms with van der Waals surface area (Å²) in [7, 11) is 0. The Kier molecular flexibility index (Phi) is 3.87. The number of aryl methyl sites for hydroxylation is 2. The minimum absolute atomic E-state index is 0.388. The first-order valence-corrected chi connectivity index (χ1v) is 8.47. The quantitative estimate of drug-likeness (QED) is 0.767. The second-order valence-electron chi connectivity index (χ2n) is 6.38. The van der Waals surface area contributed by atoms with Crippen LogP contribution in [0.1, 0.15) is 43.8 Å². The van der Waals surface area contributed by atoms with Crippen molar-refractivity contribution in [2.24, 2.45) is 5.92 Å². The van der Waals surface area contributed by atoms with E-state index in [1.165, 1.54) is 0 Å². The van der Waals surface area contributed by atoms with Gasteiger partial charge in [-0.1, -0.05) is 6.92 Å². The van der Waals surface area contributed by atoms with Crippen LogP contribution in [0.15, 0.2) is 16.8 Å². The molecule has 0 aliphatic heterocycles. The Hall–Kier alpha value is -2.51. The van der Waals surface area contributed by atoms with Gasteiger partial charge in [-0.15, -0.1) is 20.4 Å². The van der Waals surface area contributed by atoms with Crippen LogP contribution in [-0.4, -0.2) is 35.8 Å². The van der Waals surface area contributed by atoms with Gasteiger partial charge in [0.15, 0.2) is 5.82 Å². The highest BCUT2D eigenvalue weighted by Gasteiger charge is 2.27. The maximum Gasteiger partial charge on any atom is 0.216 e. The molecule has 3 aromatic rings. The smallest absolute Gasteiger partial charge is 0.216 e. The van der Waals surface area contributed by atoms with Crippen LogP contribution >= 0.6 is 0 Å². The van der Waals surface area contributed by atoms with Crippen molar-refractivity contribution in [1.82, 2.24) is 29.8 Å². The summed E-state index contributed by atoms with van der Waals surface area (Å²) in [5, 5.41) is 20.0. The minimum atomic E-state index is 0.388. The maximum atomic E-state index is 5.63. The first-order chi connectivity index (χ1) is 11.7. The summed E-state index contributed by atoms with van der Waals surface area (Å²) in [5.41, 5.74) is 0.780. The number of nitrogens with one attached hydrogen (secondary N) is 1. The fourth-order valence-electron chi connectivity index (χ4n) is 3.39. The van der Waals surface area contributed by atoms with E-state index in [9.17, 15) is 0 Å². The van der Waals surface area contributed by atoms with Crippen molar-refractivity contribution in [3.8, 4) is 0 Å². The van der Waals surface area contributed by atoms with E-state index in [0.29, 0.717) is 12.0 Å². The van der Waals surface area contributed by atoms with E-state index in [4.69, 9.17) is 4.42 Å². The number of fused-ring (bicyclic) bond motifs is 1. The Balaban J connectivity index is 1.41. The first-order valence-electron chi connectivity index (χ1n) is 8.47. The third kappa shape index (κ3) is 2.83. The summed E-state index contributed by atoms with van der Waals surface area (Å²) in [5.74, 6) is 3.70. The van der Waals surface area contributed by atoms with Gasteiger partial charge in [0.2, 0.25) is 17.4 Å². The van der Waals surface area contributed by atoms with Gasteiger partial charge in [-0.2, -0.15) is 0 Å². The van der Waals surface area contributed by atoms with E-state index in [1.807, 2.05) is 24.4 Å². The molecular formula is C16H21N7O. The van der Waals surface area contributed by atoms with Crippen LogP contribution in [0.3, 0.4) is 0 Å². The number of nitrogens with zero attached hydrogens (tertiary/aromatic N) is 6. The first kappa shape index (κ1) is 15.0. The van der Waals surface area contributed by atoms with Crippen LogP contribution in [0.2, 0.25) is 0 Å². The molecule has 126 valence electrons. The highest BCUT2D eigenvalue weighted by molar-refractivity contribution is 5.62. The molecule has 0 saturated heterocycles. The van der Waals surface area contributed by atoms with Crippen LogP contribution in [0.4, 0.5) is 5.82 Å². The van der Waals surface area contributed by atoms with Crippen molar-refractivity contribution in [3.05, 3.63) is 30.0 Å². The molecule has 2 atom stereocenters. The summed E-state index contributed by atoms with van der Waals surface area (Å²) in [6, 6.07) is 0.388. The predicted molar refractivity (Wildman–Crippen MR) is 87.7 cm³/mol. The molecule has 1 N–H and O–H groups in total. The van der Waals surface area contributed by atoms with E-state index in [0.717, 1.165) is 61.2 Å². The standard InChI is InChI=1S/C16H21N7O/c1-3-13-20-21-14(24-13)9-11-4-5-12(8-11)18-15-16-22-19-10(2)23(16)7-6-17-15/h6-7,11-12H,3-5,8-9H2,1-2H3,(H,17,18)/t11-,12+/m1/s1. The molecule has 0 bridgehead atoms. The molecule has 0 amide bonds. The Morgan fingerprint density at radius 1 is 1.21 bits per heavy atom. The summed E-state index contributed by atoms with van der Waals surface area (Å²) >= 11 is 0. The Morgan fingerprint density at radius 2 is 2.08 bits per heavy atom. The fraction of sp³-hybridized carbons (Fsp3) is 0.562. The lowest BCUT2D eigenvalue weighted by Gasteiger charge is -2.13. The molecule has 4 rings (SSSR count). The number of anilines is 1. The molecule has 0 aromatic carbocycles. The summed E-state index contributed by atoms with van der Waals surface area (Å²) < 4.78 is 7.58. The van der Waals surface area contributed by atoms with Gasteiger partial charge in [-0.05, 0) is 32.1 Å². The zero-order chi connectivity index (χ0) is 16.5. The lowest BCUT2D eigenvalue weighted by Crippen LogP contribution is -2.17. The van der Waals surface area contributed by atoms with Gasteiger partial charge in [0, 0.05) is 31.3 Å². The van der Waals surface area contributed by atoms with Gasteiger partial charge in [-0.3, -0.25) is 4.40 Å². The van der Waals surface area contributed by atoms with E-state index in [-0.39, 0.29) is 0 Å². The highest BCUT2D eigenvalue weighted by atomic mass is 16.4. The SMILES string of the molecule is CCc1nnc(C[C@@H]2CC[C@H](Nc3nccn4c(C)nnc34)C2)o1. The number of hydrogen-bond acceptors (Lipinski definition) is 7. The number of hydrogen-bond donors (Lipinski definition) is 1. The third-order valence-corrected chi connectivity index (χ3v) is 4.65. The Bertz CT molecular complexity index is 840. The van der Waals surface area contributed by atoms with E-state index >= 15 is 0 Å². The number of aromatic nitrogens is 6. The summed E-state index contributed by atoms with van der Waals surface area (Å²) in [6.45, 7) is 3.96. The summed E-state index contributed by atoms with van der Waals surface area (Å²) in [6.07, 6.45) is 8.63. The van der Waals surface area contributed by atoms with Crippen molar-refractivity contribution in [2.75, 3.05) is 5.32 Å². The lowest BCUT2D eigenvalue weighted by atomic mass is 10.0. The normalized spacial score (nSPS) is 20.8. The van der Waals surface area contributed by atoms with E-state index < -0.39 is 0 Å². The molecule has 8 nitrogen and oxygen atoms in total. The maximum absolute atomic E-state index is 5.63. The van der Waals surface area contributed by atoms with Crippen molar-refractivity contribution >= 4 is 11.5 Å². The van der Waals surface area contributed by atoms with Crippen LogP contribution in [0, 0.1) is 12.8 Å². The van der Waals surface area contributed by atoms with Gasteiger partial charge < -0.3 is 9.73 Å². The van der Waals surface area contributed by atoms with Crippen LogP contribution in [0.25, 0.3) is 5.65 Å². The molecule has 24 heavy (non-hydrogen) atoms. The molecule has 3 heterocycles. The van der Waals surface area contributed by atoms with Gasteiger partial charge in [0.25, 0.3) is 0 Å². The van der Waals surface area contributed by atoms with Crippen LogP contribution in [0.5, 0.6) is 0 Å². The van der Waals surface area contributed by atoms with E-state index in [1.54, 1.807) is 6.20 Å². The van der Waals surface area contributed by atoms with Crippen LogP contribution < -0.4 is 5.32 Å². The van der Waals surface area contributed by atoms with Crippen molar-refractivity contribution < 1.29 is 4.42 Å². The Morgan fingerprint density at radius 3 is 2.92 bits per heavy atom. The minimum Gasteiger partial charge on any atom is -0.425 e. The molecule has 0 unspecified atom stereocenters. The van der Waals surface area contributed by atoms with Gasteiger partial charge in [0.1, 0.15) is 5.82 Å². The molecule has 1 fully saturated rings. The average Bonchev–Trinajstić information content (AvgIpc) is 3.30. The topological polar surface area (TPSA) is 94.0 Å². The van der Waals surface area contributed by atoms with Gasteiger partial charge in [0.05, 0.1) is 0 Å². The molecular weight excluding hydrogens is 306 g/mol. The average molecular weight is 327 g/mol. The second kappa shape index (κ2) is 6.18. The molecule has 0 radical (unpaired) electrons. The van der Waals surface area contributed by atoms with Gasteiger partial charge >= 0.3 is 0 Å².